The maximum atomic E-state index is 12.8. The fourth-order valence-electron chi connectivity index (χ4n) is 3.12. The van der Waals surface area contributed by atoms with Crippen molar-refractivity contribution in [1.82, 2.24) is 9.80 Å². The van der Waals surface area contributed by atoms with Crippen LogP contribution in [0.5, 0.6) is 0 Å². The topological polar surface area (TPSA) is 79.0 Å². The van der Waals surface area contributed by atoms with Crippen LogP contribution in [0.3, 0.4) is 0 Å². The number of para-hydroxylation sites is 1. The summed E-state index contributed by atoms with van der Waals surface area (Å²) in [7, 11) is 0. The van der Waals surface area contributed by atoms with Gasteiger partial charge in [0.25, 0.3) is 0 Å². The van der Waals surface area contributed by atoms with Crippen molar-refractivity contribution in [3.05, 3.63) is 28.2 Å². The molecule has 0 aromatic heterocycles. The minimum atomic E-state index is -4.60. The minimum absolute atomic E-state index is 0.0894. The van der Waals surface area contributed by atoms with Crippen LogP contribution in [0.1, 0.15) is 19.8 Å². The van der Waals surface area contributed by atoms with Crippen LogP contribution in [0.2, 0.25) is 10.0 Å². The highest BCUT2D eigenvalue weighted by molar-refractivity contribution is 6.39. The molecule has 1 aromatic rings. The number of alkyl halides is 3. The van der Waals surface area contributed by atoms with E-state index in [4.69, 9.17) is 23.2 Å². The van der Waals surface area contributed by atoms with Crippen LogP contribution >= 0.6 is 23.2 Å². The number of anilines is 1. The molecule has 7 nitrogen and oxygen atoms in total. The number of ether oxygens (including phenoxy) is 1. The molecule has 0 saturated carbocycles. The predicted molar refractivity (Wildman–Crippen MR) is 109 cm³/mol. The summed E-state index contributed by atoms with van der Waals surface area (Å²) in [5, 5.41) is 3.12. The van der Waals surface area contributed by atoms with Crippen molar-refractivity contribution in [2.45, 2.75) is 25.9 Å². The number of hydrogen-bond acceptors (Lipinski definition) is 4. The van der Waals surface area contributed by atoms with E-state index < -0.39 is 30.7 Å². The predicted octanol–water partition coefficient (Wildman–Crippen LogP) is 4.19. The van der Waals surface area contributed by atoms with Crippen LogP contribution in [0.25, 0.3) is 0 Å². The third-order valence-electron chi connectivity index (χ3n) is 4.72. The van der Waals surface area contributed by atoms with Gasteiger partial charge in [0.05, 0.1) is 22.3 Å². The SMILES string of the molecule is CCN(CC(=O)Nc1c(Cl)cccc1Cl)C(=O)C1CCN(C(=O)OCC(F)(F)F)CC1. The van der Waals surface area contributed by atoms with Crippen LogP contribution in [0.4, 0.5) is 23.7 Å². The Balaban J connectivity index is 1.87. The highest BCUT2D eigenvalue weighted by Gasteiger charge is 2.34. The molecule has 1 N–H and O–H groups in total. The normalized spacial score (nSPS) is 14.8. The van der Waals surface area contributed by atoms with Gasteiger partial charge in [-0.15, -0.1) is 0 Å². The fraction of sp³-hybridized carbons (Fsp3) is 0.526. The zero-order chi connectivity index (χ0) is 23.2. The van der Waals surface area contributed by atoms with Crippen molar-refractivity contribution in [2.75, 3.05) is 38.1 Å². The highest BCUT2D eigenvalue weighted by Crippen LogP contribution is 2.29. The van der Waals surface area contributed by atoms with E-state index in [2.05, 4.69) is 10.1 Å². The summed E-state index contributed by atoms with van der Waals surface area (Å²) >= 11 is 12.1. The number of carbonyl (C=O) groups is 3. The van der Waals surface area contributed by atoms with Gasteiger partial charge in [0.15, 0.2) is 6.61 Å². The maximum Gasteiger partial charge on any atom is 0.422 e. The van der Waals surface area contributed by atoms with Gasteiger partial charge in [-0.2, -0.15) is 13.2 Å². The van der Waals surface area contributed by atoms with Crippen LogP contribution in [-0.4, -0.2) is 66.7 Å². The van der Waals surface area contributed by atoms with Crippen molar-refractivity contribution >= 4 is 46.8 Å². The smallest absolute Gasteiger partial charge is 0.422 e. The molecule has 1 aromatic carbocycles. The Bertz CT molecular complexity index is 795. The zero-order valence-corrected chi connectivity index (χ0v) is 18.2. The van der Waals surface area contributed by atoms with Crippen molar-refractivity contribution < 1.29 is 32.3 Å². The third-order valence-corrected chi connectivity index (χ3v) is 5.35. The third kappa shape index (κ3) is 7.46. The lowest BCUT2D eigenvalue weighted by Crippen LogP contribution is -2.46. The standard InChI is InChI=1S/C19H22Cl2F3N3O4/c1-2-26(10-15(28)25-16-13(20)4-3-5-14(16)21)17(29)12-6-8-27(9-7-12)18(30)31-11-19(22,23)24/h3-5,12H,2,6-11H2,1H3,(H,25,28). The first-order chi connectivity index (χ1) is 14.5. The Morgan fingerprint density at radius 2 is 1.77 bits per heavy atom. The molecule has 0 aliphatic carbocycles. The number of likely N-dealkylation sites (tertiary alicyclic amines) is 1. The maximum absolute atomic E-state index is 12.8. The fourth-order valence-corrected chi connectivity index (χ4v) is 3.61. The van der Waals surface area contributed by atoms with Gasteiger partial charge in [-0.1, -0.05) is 29.3 Å². The van der Waals surface area contributed by atoms with Crippen molar-refractivity contribution in [1.29, 1.82) is 0 Å². The summed E-state index contributed by atoms with van der Waals surface area (Å²) in [6.45, 7) is 0.301. The largest absolute Gasteiger partial charge is 0.440 e. The Hall–Kier alpha value is -2.20. The molecule has 12 heteroatoms. The second kappa shape index (κ2) is 10.9. The molecule has 1 aliphatic rings. The molecule has 1 aliphatic heterocycles. The first kappa shape index (κ1) is 25.1. The van der Waals surface area contributed by atoms with Gasteiger partial charge < -0.3 is 19.9 Å². The van der Waals surface area contributed by atoms with Crippen molar-refractivity contribution in [3.8, 4) is 0 Å². The molecule has 0 radical (unpaired) electrons. The number of halogens is 5. The summed E-state index contributed by atoms with van der Waals surface area (Å²) < 4.78 is 40.7. The lowest BCUT2D eigenvalue weighted by atomic mass is 9.95. The van der Waals surface area contributed by atoms with E-state index >= 15 is 0 Å². The molecule has 1 saturated heterocycles. The second-order valence-corrected chi connectivity index (χ2v) is 7.74. The summed E-state index contributed by atoms with van der Waals surface area (Å²) in [6, 6.07) is 4.77. The van der Waals surface area contributed by atoms with Crippen LogP contribution in [0.15, 0.2) is 18.2 Å². The van der Waals surface area contributed by atoms with Gasteiger partial charge in [-0.3, -0.25) is 9.59 Å². The molecule has 31 heavy (non-hydrogen) atoms. The van der Waals surface area contributed by atoms with Gasteiger partial charge in [-0.25, -0.2) is 4.79 Å². The van der Waals surface area contributed by atoms with E-state index in [1.54, 1.807) is 25.1 Å². The molecule has 0 unspecified atom stereocenters. The number of likely N-dealkylation sites (N-methyl/N-ethyl adjacent to an activating group) is 1. The number of benzene rings is 1. The molecule has 172 valence electrons. The zero-order valence-electron chi connectivity index (χ0n) is 16.7. The highest BCUT2D eigenvalue weighted by atomic mass is 35.5. The number of rotatable bonds is 6. The van der Waals surface area contributed by atoms with Crippen molar-refractivity contribution in [2.24, 2.45) is 5.92 Å². The lowest BCUT2D eigenvalue weighted by molar-refractivity contribution is -0.162. The summed E-state index contributed by atoms with van der Waals surface area (Å²) in [4.78, 5) is 39.4. The molecule has 3 amide bonds. The van der Waals surface area contributed by atoms with Gasteiger partial charge in [0.1, 0.15) is 0 Å². The van der Waals surface area contributed by atoms with E-state index in [0.29, 0.717) is 0 Å². The van der Waals surface area contributed by atoms with E-state index in [9.17, 15) is 27.6 Å². The Morgan fingerprint density at radius 3 is 2.29 bits per heavy atom. The Morgan fingerprint density at radius 1 is 1.19 bits per heavy atom. The quantitative estimate of drug-likeness (QED) is 0.657. The summed E-state index contributed by atoms with van der Waals surface area (Å²) in [5.74, 6) is -1.20. The number of hydrogen-bond donors (Lipinski definition) is 1. The second-order valence-electron chi connectivity index (χ2n) is 6.93. The summed E-state index contributed by atoms with van der Waals surface area (Å²) in [6.07, 6.45) is -5.14. The molecule has 1 fully saturated rings. The van der Waals surface area contributed by atoms with E-state index in [0.717, 1.165) is 4.90 Å². The van der Waals surface area contributed by atoms with Gasteiger partial charge >= 0.3 is 12.3 Å². The first-order valence-electron chi connectivity index (χ1n) is 9.53. The van der Waals surface area contributed by atoms with Crippen LogP contribution < -0.4 is 5.32 Å². The molecular weight excluding hydrogens is 462 g/mol. The lowest BCUT2D eigenvalue weighted by Gasteiger charge is -2.33. The van der Waals surface area contributed by atoms with Crippen LogP contribution in [0, 0.1) is 5.92 Å². The number of amides is 3. The first-order valence-corrected chi connectivity index (χ1v) is 10.3. The van der Waals surface area contributed by atoms with E-state index in [-0.39, 0.29) is 60.7 Å². The molecule has 0 atom stereocenters. The molecule has 0 spiro atoms. The number of nitrogens with zero attached hydrogens (tertiary/aromatic N) is 2. The molecular formula is C19H22Cl2F3N3O4. The number of carbonyl (C=O) groups excluding carboxylic acids is 3. The minimum Gasteiger partial charge on any atom is -0.440 e. The van der Waals surface area contributed by atoms with Gasteiger partial charge in [-0.05, 0) is 31.9 Å². The van der Waals surface area contributed by atoms with Gasteiger partial charge in [0, 0.05) is 25.6 Å². The van der Waals surface area contributed by atoms with Crippen LogP contribution in [-0.2, 0) is 14.3 Å². The molecule has 2 rings (SSSR count). The Labute approximate surface area is 187 Å². The monoisotopic (exact) mass is 483 g/mol. The average molecular weight is 484 g/mol. The van der Waals surface area contributed by atoms with E-state index in [1.165, 1.54) is 4.90 Å². The average Bonchev–Trinajstić information content (AvgIpc) is 2.72. The number of piperidine rings is 1. The van der Waals surface area contributed by atoms with Crippen molar-refractivity contribution in [3.63, 3.8) is 0 Å². The van der Waals surface area contributed by atoms with Gasteiger partial charge in [0.2, 0.25) is 11.8 Å². The Kier molecular flexibility index (Phi) is 8.81. The molecule has 0 bridgehead atoms. The summed E-state index contributed by atoms with van der Waals surface area (Å²) in [5.41, 5.74) is 0.255. The van der Waals surface area contributed by atoms with E-state index in [1.807, 2.05) is 0 Å². The molecule has 1 heterocycles. The number of nitrogens with one attached hydrogen (secondary N) is 1.